The van der Waals surface area contributed by atoms with E-state index in [1.54, 1.807) is 11.3 Å². The number of hydrogen-bond acceptors (Lipinski definition) is 7. The zero-order valence-electron chi connectivity index (χ0n) is 19.9. The van der Waals surface area contributed by atoms with E-state index in [-0.39, 0.29) is 17.5 Å². The molecular weight excluding hydrogens is 436 g/mol. The number of carbonyl (C=O) groups excluding carboxylic acids is 1. The molecule has 4 heterocycles. The summed E-state index contributed by atoms with van der Waals surface area (Å²) in [7, 11) is 0. The number of amides is 1. The van der Waals surface area contributed by atoms with Crippen molar-refractivity contribution in [2.24, 2.45) is 0 Å². The summed E-state index contributed by atoms with van der Waals surface area (Å²) in [5, 5.41) is 0.829. The minimum absolute atomic E-state index is 0.0235. The summed E-state index contributed by atoms with van der Waals surface area (Å²) in [5.74, 6) is 1.02. The largest absolute Gasteiger partial charge is 0.339 e. The molecule has 9 heteroatoms. The van der Waals surface area contributed by atoms with Gasteiger partial charge in [-0.15, -0.1) is 11.3 Å². The van der Waals surface area contributed by atoms with Crippen molar-refractivity contribution in [2.75, 3.05) is 58.9 Å². The van der Waals surface area contributed by atoms with Gasteiger partial charge in [0, 0.05) is 57.2 Å². The topological polar surface area (TPSA) is 75.8 Å². The summed E-state index contributed by atoms with van der Waals surface area (Å²) in [6.45, 7) is 13.1. The Morgan fingerprint density at radius 2 is 1.73 bits per heavy atom. The van der Waals surface area contributed by atoms with Gasteiger partial charge in [-0.1, -0.05) is 6.92 Å². The van der Waals surface area contributed by atoms with Crippen molar-refractivity contribution < 1.29 is 4.79 Å². The number of nitrogens with zero attached hydrogens (tertiary/aromatic N) is 5. The molecule has 2 aliphatic heterocycles. The van der Waals surface area contributed by atoms with Crippen molar-refractivity contribution in [1.29, 1.82) is 0 Å². The van der Waals surface area contributed by atoms with Crippen LogP contribution in [0.25, 0.3) is 10.2 Å². The number of likely N-dealkylation sites (N-methyl/N-ethyl adjacent to an activating group) is 1. The van der Waals surface area contributed by atoms with Gasteiger partial charge in [0.05, 0.1) is 18.0 Å². The second-order valence-electron chi connectivity index (χ2n) is 9.65. The number of hydrogen-bond donors (Lipinski definition) is 1. The number of piperazine rings is 2. The SMILES string of the molecule is CCN1CCN(C(=O)[C@@H](C)N2CCN(Cc3nc4sc5c(c4c(=O)[nH]3)CCCC5)CC2)CC1. The standard InChI is InChI=1S/C24H36N6O2S/c1-3-27-8-14-30(15-9-27)24(32)17(2)29-12-10-28(11-13-29)16-20-25-22(31)21-18-6-4-5-7-19(18)33-23(21)26-20/h17H,3-16H2,1-2H3,(H,25,26,31)/t17-/m1/s1. The Morgan fingerprint density at radius 1 is 1.03 bits per heavy atom. The first-order chi connectivity index (χ1) is 16.0. The number of thiophene rings is 1. The number of nitrogens with one attached hydrogen (secondary N) is 1. The second-order valence-corrected chi connectivity index (χ2v) is 10.7. The average Bonchev–Trinajstić information content (AvgIpc) is 3.22. The van der Waals surface area contributed by atoms with Gasteiger partial charge in [0.1, 0.15) is 10.7 Å². The van der Waals surface area contributed by atoms with Crippen molar-refractivity contribution >= 4 is 27.5 Å². The number of carbonyl (C=O) groups is 1. The van der Waals surface area contributed by atoms with Crippen molar-refractivity contribution in [3.05, 3.63) is 26.6 Å². The highest BCUT2D eigenvalue weighted by molar-refractivity contribution is 7.18. The number of rotatable bonds is 5. The Hall–Kier alpha value is -1.81. The van der Waals surface area contributed by atoms with E-state index in [0.29, 0.717) is 6.54 Å². The molecule has 0 saturated carbocycles. The summed E-state index contributed by atoms with van der Waals surface area (Å²) in [6.07, 6.45) is 4.47. The summed E-state index contributed by atoms with van der Waals surface area (Å²) in [6, 6.07) is -0.0768. The van der Waals surface area contributed by atoms with Crippen LogP contribution in [-0.2, 0) is 24.2 Å². The molecule has 0 unspecified atom stereocenters. The fraction of sp³-hybridized carbons (Fsp3) is 0.708. The zero-order chi connectivity index (χ0) is 22.9. The van der Waals surface area contributed by atoms with Gasteiger partial charge < -0.3 is 14.8 Å². The number of aromatic nitrogens is 2. The molecule has 3 aliphatic rings. The fourth-order valence-electron chi connectivity index (χ4n) is 5.51. The van der Waals surface area contributed by atoms with Crippen LogP contribution in [-0.4, -0.2) is 100 Å². The van der Waals surface area contributed by atoms with E-state index in [4.69, 9.17) is 4.98 Å². The van der Waals surface area contributed by atoms with Gasteiger partial charge in [-0.2, -0.15) is 0 Å². The van der Waals surface area contributed by atoms with E-state index in [0.717, 1.165) is 87.8 Å². The molecule has 2 fully saturated rings. The molecule has 1 aliphatic carbocycles. The first kappa shape index (κ1) is 23.0. The van der Waals surface area contributed by atoms with Crippen LogP contribution < -0.4 is 5.56 Å². The molecule has 33 heavy (non-hydrogen) atoms. The van der Waals surface area contributed by atoms with Crippen LogP contribution in [0.2, 0.25) is 0 Å². The Labute approximate surface area is 199 Å². The predicted molar refractivity (Wildman–Crippen MR) is 132 cm³/mol. The lowest BCUT2D eigenvalue weighted by Crippen LogP contribution is -2.57. The summed E-state index contributed by atoms with van der Waals surface area (Å²) < 4.78 is 0. The second kappa shape index (κ2) is 9.82. The van der Waals surface area contributed by atoms with Crippen molar-refractivity contribution in [3.63, 3.8) is 0 Å². The van der Waals surface area contributed by atoms with Crippen LogP contribution in [0.4, 0.5) is 0 Å². The number of aromatic amines is 1. The Morgan fingerprint density at radius 3 is 2.45 bits per heavy atom. The van der Waals surface area contributed by atoms with Gasteiger partial charge in [-0.3, -0.25) is 19.4 Å². The number of aryl methyl sites for hydroxylation is 2. The van der Waals surface area contributed by atoms with Gasteiger partial charge in [0.25, 0.3) is 5.56 Å². The van der Waals surface area contributed by atoms with E-state index in [9.17, 15) is 9.59 Å². The van der Waals surface area contributed by atoms with E-state index >= 15 is 0 Å². The average molecular weight is 473 g/mol. The maximum atomic E-state index is 13.0. The molecule has 180 valence electrons. The third-order valence-corrected chi connectivity index (χ3v) is 8.88. The van der Waals surface area contributed by atoms with Crippen LogP contribution in [0.5, 0.6) is 0 Å². The molecule has 1 amide bonds. The Bertz CT molecular complexity index is 1050. The lowest BCUT2D eigenvalue weighted by molar-refractivity contribution is -0.138. The van der Waals surface area contributed by atoms with Crippen LogP contribution in [0.15, 0.2) is 4.79 Å². The molecule has 0 radical (unpaired) electrons. The molecule has 0 spiro atoms. The first-order valence-electron chi connectivity index (χ1n) is 12.5. The molecule has 1 atom stereocenters. The highest BCUT2D eigenvalue weighted by atomic mass is 32.1. The highest BCUT2D eigenvalue weighted by Crippen LogP contribution is 2.33. The highest BCUT2D eigenvalue weighted by Gasteiger charge is 2.30. The molecule has 1 N–H and O–H groups in total. The Balaban J connectivity index is 1.17. The summed E-state index contributed by atoms with van der Waals surface area (Å²) >= 11 is 1.71. The third-order valence-electron chi connectivity index (χ3n) is 7.69. The molecule has 5 rings (SSSR count). The quantitative estimate of drug-likeness (QED) is 0.712. The normalized spacial score (nSPS) is 21.9. The van der Waals surface area contributed by atoms with Crippen LogP contribution in [0.1, 0.15) is 43.0 Å². The summed E-state index contributed by atoms with van der Waals surface area (Å²) in [4.78, 5) is 45.1. The zero-order valence-corrected chi connectivity index (χ0v) is 20.8. The molecule has 0 aromatic carbocycles. The van der Waals surface area contributed by atoms with Crippen molar-refractivity contribution in [2.45, 2.75) is 52.1 Å². The molecular formula is C24H36N6O2S. The number of fused-ring (bicyclic) bond motifs is 3. The minimum Gasteiger partial charge on any atom is -0.339 e. The van der Waals surface area contributed by atoms with Gasteiger partial charge in [0.15, 0.2) is 0 Å². The van der Waals surface area contributed by atoms with Gasteiger partial charge in [0.2, 0.25) is 5.91 Å². The van der Waals surface area contributed by atoms with E-state index in [2.05, 4.69) is 33.5 Å². The predicted octanol–water partition coefficient (Wildman–Crippen LogP) is 1.53. The molecule has 8 nitrogen and oxygen atoms in total. The third kappa shape index (κ3) is 4.73. The van der Waals surface area contributed by atoms with E-state index in [1.165, 1.54) is 23.3 Å². The van der Waals surface area contributed by atoms with Gasteiger partial charge >= 0.3 is 0 Å². The van der Waals surface area contributed by atoms with Gasteiger partial charge in [-0.05, 0) is 44.7 Å². The van der Waals surface area contributed by atoms with E-state index in [1.807, 2.05) is 4.90 Å². The van der Waals surface area contributed by atoms with E-state index < -0.39 is 0 Å². The monoisotopic (exact) mass is 472 g/mol. The van der Waals surface area contributed by atoms with Crippen LogP contribution in [0.3, 0.4) is 0 Å². The van der Waals surface area contributed by atoms with Crippen LogP contribution in [0, 0.1) is 0 Å². The van der Waals surface area contributed by atoms with Crippen molar-refractivity contribution in [1.82, 2.24) is 29.6 Å². The Kier molecular flexibility index (Phi) is 6.83. The maximum absolute atomic E-state index is 13.0. The fourth-order valence-corrected chi connectivity index (χ4v) is 6.79. The maximum Gasteiger partial charge on any atom is 0.259 e. The van der Waals surface area contributed by atoms with Gasteiger partial charge in [-0.25, -0.2) is 4.98 Å². The molecule has 2 saturated heterocycles. The smallest absolute Gasteiger partial charge is 0.259 e. The molecule has 2 aromatic rings. The molecule has 0 bridgehead atoms. The number of H-pyrrole nitrogens is 1. The van der Waals surface area contributed by atoms with Crippen molar-refractivity contribution in [3.8, 4) is 0 Å². The lowest BCUT2D eigenvalue weighted by atomic mass is 9.97. The van der Waals surface area contributed by atoms with Crippen LogP contribution >= 0.6 is 11.3 Å². The lowest BCUT2D eigenvalue weighted by Gasteiger charge is -2.40. The molecule has 2 aromatic heterocycles. The summed E-state index contributed by atoms with van der Waals surface area (Å²) in [5.41, 5.74) is 1.26. The first-order valence-corrected chi connectivity index (χ1v) is 13.4. The minimum atomic E-state index is -0.0768.